The van der Waals surface area contributed by atoms with Gasteiger partial charge in [-0.2, -0.15) is 0 Å². The van der Waals surface area contributed by atoms with Crippen molar-refractivity contribution in [3.8, 4) is 0 Å². The standard InChI is InChI=1S/C15H32N2/c1-5-15(4)8-12-17(13-9-15)11-7-6-10-16-14(2)3/h14,16H,5-13H2,1-4H3. The van der Waals surface area contributed by atoms with Gasteiger partial charge in [0, 0.05) is 6.04 Å². The van der Waals surface area contributed by atoms with E-state index < -0.39 is 0 Å². The summed E-state index contributed by atoms with van der Waals surface area (Å²) in [6.07, 6.45) is 6.81. The van der Waals surface area contributed by atoms with E-state index in [-0.39, 0.29) is 0 Å². The first-order chi connectivity index (χ1) is 8.06. The van der Waals surface area contributed by atoms with E-state index in [0.29, 0.717) is 11.5 Å². The van der Waals surface area contributed by atoms with E-state index in [2.05, 4.69) is 37.9 Å². The van der Waals surface area contributed by atoms with Crippen LogP contribution in [0.25, 0.3) is 0 Å². The molecule has 2 nitrogen and oxygen atoms in total. The van der Waals surface area contributed by atoms with Crippen LogP contribution in [0.2, 0.25) is 0 Å². The molecule has 0 aromatic carbocycles. The molecule has 17 heavy (non-hydrogen) atoms. The van der Waals surface area contributed by atoms with Crippen molar-refractivity contribution in [1.82, 2.24) is 10.2 Å². The maximum Gasteiger partial charge on any atom is 0.00103 e. The van der Waals surface area contributed by atoms with Crippen LogP contribution in [-0.4, -0.2) is 37.1 Å². The smallest absolute Gasteiger partial charge is 0.00103 e. The van der Waals surface area contributed by atoms with Crippen molar-refractivity contribution >= 4 is 0 Å². The number of piperidine rings is 1. The summed E-state index contributed by atoms with van der Waals surface area (Å²) in [4.78, 5) is 2.66. The summed E-state index contributed by atoms with van der Waals surface area (Å²) in [6.45, 7) is 14.4. The summed E-state index contributed by atoms with van der Waals surface area (Å²) in [5, 5.41) is 3.49. The highest BCUT2D eigenvalue weighted by molar-refractivity contribution is 4.81. The molecule has 0 aromatic heterocycles. The Hall–Kier alpha value is -0.0800. The molecule has 1 N–H and O–H groups in total. The van der Waals surface area contributed by atoms with Gasteiger partial charge in [-0.05, 0) is 57.3 Å². The van der Waals surface area contributed by atoms with Gasteiger partial charge >= 0.3 is 0 Å². The third-order valence-electron chi connectivity index (χ3n) is 4.37. The van der Waals surface area contributed by atoms with E-state index in [9.17, 15) is 0 Å². The molecule has 1 heterocycles. The van der Waals surface area contributed by atoms with Gasteiger partial charge in [-0.1, -0.05) is 34.1 Å². The average Bonchev–Trinajstić information content (AvgIpc) is 2.31. The molecule has 0 bridgehead atoms. The number of hydrogen-bond donors (Lipinski definition) is 1. The SMILES string of the molecule is CCC1(C)CCN(CCCCNC(C)C)CC1. The van der Waals surface area contributed by atoms with E-state index in [1.807, 2.05) is 0 Å². The van der Waals surface area contributed by atoms with Crippen molar-refractivity contribution < 1.29 is 0 Å². The van der Waals surface area contributed by atoms with Crippen LogP contribution in [0, 0.1) is 5.41 Å². The fourth-order valence-electron chi connectivity index (χ4n) is 2.52. The van der Waals surface area contributed by atoms with Crippen molar-refractivity contribution in [2.75, 3.05) is 26.2 Å². The second kappa shape index (κ2) is 7.38. The zero-order valence-corrected chi connectivity index (χ0v) is 12.4. The van der Waals surface area contributed by atoms with E-state index in [4.69, 9.17) is 0 Å². The van der Waals surface area contributed by atoms with Gasteiger partial charge in [0.1, 0.15) is 0 Å². The molecule has 102 valence electrons. The Balaban J connectivity index is 2.03. The van der Waals surface area contributed by atoms with Gasteiger partial charge in [0.25, 0.3) is 0 Å². The maximum atomic E-state index is 3.49. The summed E-state index contributed by atoms with van der Waals surface area (Å²) in [6, 6.07) is 0.634. The zero-order chi connectivity index (χ0) is 12.7. The van der Waals surface area contributed by atoms with E-state index in [0.717, 1.165) is 0 Å². The lowest BCUT2D eigenvalue weighted by Gasteiger charge is -2.39. The van der Waals surface area contributed by atoms with Gasteiger partial charge in [0.05, 0.1) is 0 Å². The molecular weight excluding hydrogens is 208 g/mol. The van der Waals surface area contributed by atoms with Crippen LogP contribution < -0.4 is 5.32 Å². The molecule has 1 aliphatic heterocycles. The quantitative estimate of drug-likeness (QED) is 0.687. The molecule has 1 rings (SSSR count). The van der Waals surface area contributed by atoms with Crippen LogP contribution in [-0.2, 0) is 0 Å². The molecule has 0 radical (unpaired) electrons. The highest BCUT2D eigenvalue weighted by atomic mass is 15.1. The molecule has 0 atom stereocenters. The number of rotatable bonds is 7. The third kappa shape index (κ3) is 5.87. The molecule has 1 fully saturated rings. The number of unbranched alkanes of at least 4 members (excludes halogenated alkanes) is 1. The molecule has 2 heteroatoms. The molecule has 1 aliphatic rings. The Bertz CT molecular complexity index is 193. The van der Waals surface area contributed by atoms with Gasteiger partial charge in [-0.15, -0.1) is 0 Å². The van der Waals surface area contributed by atoms with Gasteiger partial charge in [-0.25, -0.2) is 0 Å². The van der Waals surface area contributed by atoms with Crippen molar-refractivity contribution in [3.63, 3.8) is 0 Å². The lowest BCUT2D eigenvalue weighted by atomic mass is 9.78. The van der Waals surface area contributed by atoms with Crippen LogP contribution in [0.1, 0.15) is 59.8 Å². The summed E-state index contributed by atoms with van der Waals surface area (Å²) >= 11 is 0. The molecule has 0 unspecified atom stereocenters. The maximum absolute atomic E-state index is 3.49. The minimum atomic E-state index is 0.634. The van der Waals surface area contributed by atoms with Crippen LogP contribution in [0.4, 0.5) is 0 Å². The van der Waals surface area contributed by atoms with Crippen LogP contribution in [0.15, 0.2) is 0 Å². The molecule has 0 aromatic rings. The molecule has 0 aliphatic carbocycles. The van der Waals surface area contributed by atoms with Crippen LogP contribution in [0.3, 0.4) is 0 Å². The second-order valence-corrected chi connectivity index (χ2v) is 6.32. The van der Waals surface area contributed by atoms with Crippen LogP contribution >= 0.6 is 0 Å². The first-order valence-electron chi connectivity index (χ1n) is 7.51. The number of likely N-dealkylation sites (tertiary alicyclic amines) is 1. The van der Waals surface area contributed by atoms with Gasteiger partial charge in [0.15, 0.2) is 0 Å². The first kappa shape index (κ1) is 15.0. The number of nitrogens with one attached hydrogen (secondary N) is 1. The predicted molar refractivity (Wildman–Crippen MR) is 76.4 cm³/mol. The molecule has 0 spiro atoms. The van der Waals surface area contributed by atoms with Gasteiger partial charge < -0.3 is 10.2 Å². The molecule has 0 saturated carbocycles. The molecule has 1 saturated heterocycles. The topological polar surface area (TPSA) is 15.3 Å². The highest BCUT2D eigenvalue weighted by Gasteiger charge is 2.27. The fourth-order valence-corrected chi connectivity index (χ4v) is 2.52. The fraction of sp³-hybridized carbons (Fsp3) is 1.00. The Kier molecular flexibility index (Phi) is 6.50. The van der Waals surface area contributed by atoms with E-state index in [1.54, 1.807) is 0 Å². The largest absolute Gasteiger partial charge is 0.315 e. The minimum Gasteiger partial charge on any atom is -0.315 e. The lowest BCUT2D eigenvalue weighted by Crippen LogP contribution is -2.39. The van der Waals surface area contributed by atoms with Gasteiger partial charge in [-0.3, -0.25) is 0 Å². The second-order valence-electron chi connectivity index (χ2n) is 6.32. The van der Waals surface area contributed by atoms with Crippen LogP contribution in [0.5, 0.6) is 0 Å². The molecule has 0 amide bonds. The van der Waals surface area contributed by atoms with Gasteiger partial charge in [0.2, 0.25) is 0 Å². The monoisotopic (exact) mass is 240 g/mol. The highest BCUT2D eigenvalue weighted by Crippen LogP contribution is 2.33. The normalized spacial score (nSPS) is 21.0. The van der Waals surface area contributed by atoms with Crippen molar-refractivity contribution in [1.29, 1.82) is 0 Å². The number of nitrogens with zero attached hydrogens (tertiary/aromatic N) is 1. The van der Waals surface area contributed by atoms with Crippen molar-refractivity contribution in [2.24, 2.45) is 5.41 Å². The minimum absolute atomic E-state index is 0.634. The summed E-state index contributed by atoms with van der Waals surface area (Å²) in [5.74, 6) is 0. The first-order valence-corrected chi connectivity index (χ1v) is 7.51. The summed E-state index contributed by atoms with van der Waals surface area (Å²) in [7, 11) is 0. The van der Waals surface area contributed by atoms with Crippen molar-refractivity contribution in [2.45, 2.75) is 65.8 Å². The Morgan fingerprint density at radius 2 is 1.82 bits per heavy atom. The predicted octanol–water partition coefficient (Wildman–Crippen LogP) is 3.28. The summed E-state index contributed by atoms with van der Waals surface area (Å²) in [5.41, 5.74) is 0.635. The van der Waals surface area contributed by atoms with Crippen molar-refractivity contribution in [3.05, 3.63) is 0 Å². The Morgan fingerprint density at radius 1 is 1.18 bits per heavy atom. The van der Waals surface area contributed by atoms with E-state index >= 15 is 0 Å². The Labute approximate surface area is 108 Å². The lowest BCUT2D eigenvalue weighted by molar-refractivity contribution is 0.113. The number of hydrogen-bond acceptors (Lipinski definition) is 2. The Morgan fingerprint density at radius 3 is 2.35 bits per heavy atom. The summed E-state index contributed by atoms with van der Waals surface area (Å²) < 4.78 is 0. The third-order valence-corrected chi connectivity index (χ3v) is 4.37. The average molecular weight is 240 g/mol. The molecular formula is C15H32N2. The zero-order valence-electron chi connectivity index (χ0n) is 12.4. The van der Waals surface area contributed by atoms with E-state index in [1.165, 1.54) is 58.3 Å².